The Labute approximate surface area is 199 Å². The number of nitrogens with one attached hydrogen (secondary N) is 1. The van der Waals surface area contributed by atoms with Crippen LogP contribution < -0.4 is 11.0 Å². The molecule has 3 rings (SSSR count). The van der Waals surface area contributed by atoms with Crippen LogP contribution in [0, 0.1) is 12.8 Å². The first-order valence-electron chi connectivity index (χ1n) is 11.6. The molecule has 9 heteroatoms. The summed E-state index contributed by atoms with van der Waals surface area (Å²) in [7, 11) is 3.72. The predicted octanol–water partition coefficient (Wildman–Crippen LogP) is 2.54. The molecular weight excluding hydrogens is 444 g/mol. The second kappa shape index (κ2) is 11.3. The number of aliphatic hydroxyl groups excluding tert-OH is 2. The van der Waals surface area contributed by atoms with Gasteiger partial charge < -0.3 is 20.4 Å². The maximum absolute atomic E-state index is 13.0. The fraction of sp³-hybridized carbons (Fsp3) is 0.583. The number of aromatic nitrogens is 2. The van der Waals surface area contributed by atoms with Gasteiger partial charge in [0, 0.05) is 24.4 Å². The van der Waals surface area contributed by atoms with Crippen molar-refractivity contribution < 1.29 is 15.0 Å². The zero-order valence-corrected chi connectivity index (χ0v) is 20.4. The molecule has 1 aliphatic rings. The number of likely N-dealkylation sites (N-methyl/N-ethyl adjacent to an activating group) is 1. The van der Waals surface area contributed by atoms with Gasteiger partial charge in [-0.05, 0) is 52.1 Å². The number of carbonyl (C=O) groups is 1. The minimum atomic E-state index is -0.931. The number of imidazole rings is 1. The van der Waals surface area contributed by atoms with Crippen LogP contribution in [0.3, 0.4) is 0 Å². The van der Waals surface area contributed by atoms with Crippen LogP contribution >= 0.6 is 11.6 Å². The second-order valence-corrected chi connectivity index (χ2v) is 9.69. The van der Waals surface area contributed by atoms with E-state index in [9.17, 15) is 19.8 Å². The molecule has 3 N–H and O–H groups in total. The largest absolute Gasteiger partial charge is 0.390 e. The number of aliphatic hydroxyl groups is 2. The summed E-state index contributed by atoms with van der Waals surface area (Å²) in [4.78, 5) is 27.8. The van der Waals surface area contributed by atoms with Gasteiger partial charge in [-0.3, -0.25) is 13.9 Å². The molecule has 2 atom stereocenters. The van der Waals surface area contributed by atoms with E-state index < -0.39 is 18.2 Å². The van der Waals surface area contributed by atoms with E-state index in [0.29, 0.717) is 17.9 Å². The Kier molecular flexibility index (Phi) is 8.75. The van der Waals surface area contributed by atoms with Crippen LogP contribution in [0.4, 0.5) is 0 Å². The van der Waals surface area contributed by atoms with E-state index in [1.54, 1.807) is 31.3 Å². The Morgan fingerprint density at radius 3 is 2.52 bits per heavy atom. The van der Waals surface area contributed by atoms with Gasteiger partial charge in [-0.15, -0.1) is 0 Å². The first kappa shape index (κ1) is 25.5. The molecule has 8 nitrogen and oxygen atoms in total. The predicted molar refractivity (Wildman–Crippen MR) is 129 cm³/mol. The van der Waals surface area contributed by atoms with Gasteiger partial charge in [0.15, 0.2) is 0 Å². The molecule has 1 aromatic carbocycles. The SMILES string of the molecule is Cc1cn(-c2ccc(Cl)c(C(=O)NC(O)C3CCCCCC3)c2)c(=O)n1CC(O)CN(C)C. The summed E-state index contributed by atoms with van der Waals surface area (Å²) in [5.74, 6) is -0.435. The zero-order chi connectivity index (χ0) is 24.1. The number of aryl methyl sites for hydroxylation is 1. The molecule has 2 unspecified atom stereocenters. The van der Waals surface area contributed by atoms with Gasteiger partial charge in [0.25, 0.3) is 5.91 Å². The minimum absolute atomic E-state index is 0.0336. The van der Waals surface area contributed by atoms with Crippen LogP contribution in [0.5, 0.6) is 0 Å². The Bertz CT molecular complexity index is 1010. The third-order valence-electron chi connectivity index (χ3n) is 6.25. The molecule has 1 aromatic heterocycles. The molecule has 0 radical (unpaired) electrons. The van der Waals surface area contributed by atoms with Gasteiger partial charge in [-0.1, -0.05) is 37.3 Å². The van der Waals surface area contributed by atoms with Crippen molar-refractivity contribution in [2.45, 2.75) is 64.3 Å². The monoisotopic (exact) mass is 478 g/mol. The summed E-state index contributed by atoms with van der Waals surface area (Å²) < 4.78 is 2.95. The van der Waals surface area contributed by atoms with E-state index in [2.05, 4.69) is 5.32 Å². The van der Waals surface area contributed by atoms with E-state index in [-0.39, 0.29) is 28.7 Å². The van der Waals surface area contributed by atoms with Gasteiger partial charge in [0.2, 0.25) is 0 Å². The first-order chi connectivity index (χ1) is 15.7. The highest BCUT2D eigenvalue weighted by Gasteiger charge is 2.24. The number of hydrogen-bond donors (Lipinski definition) is 3. The topological polar surface area (TPSA) is 99.7 Å². The fourth-order valence-corrected chi connectivity index (χ4v) is 4.69. The third-order valence-corrected chi connectivity index (χ3v) is 6.58. The number of nitrogens with zero attached hydrogens (tertiary/aromatic N) is 3. The van der Waals surface area contributed by atoms with E-state index in [1.807, 2.05) is 19.0 Å². The van der Waals surface area contributed by atoms with Crippen molar-refractivity contribution in [3.63, 3.8) is 0 Å². The molecule has 0 bridgehead atoms. The number of hydrogen-bond acceptors (Lipinski definition) is 5. The van der Waals surface area contributed by atoms with Crippen LogP contribution in [0.2, 0.25) is 5.02 Å². The Morgan fingerprint density at radius 2 is 1.88 bits per heavy atom. The number of benzene rings is 1. The molecule has 182 valence electrons. The van der Waals surface area contributed by atoms with E-state index >= 15 is 0 Å². The number of rotatable bonds is 8. The molecule has 0 spiro atoms. The number of carbonyl (C=O) groups excluding carboxylic acids is 1. The lowest BCUT2D eigenvalue weighted by Crippen LogP contribution is -2.40. The first-order valence-corrected chi connectivity index (χ1v) is 12.0. The van der Waals surface area contributed by atoms with Gasteiger partial charge in [0.05, 0.1) is 28.9 Å². The van der Waals surface area contributed by atoms with E-state index in [1.165, 1.54) is 9.13 Å². The Balaban J connectivity index is 1.80. The van der Waals surface area contributed by atoms with E-state index in [4.69, 9.17) is 11.6 Å². The van der Waals surface area contributed by atoms with Crippen molar-refractivity contribution >= 4 is 17.5 Å². The quantitative estimate of drug-likeness (QED) is 0.400. The summed E-state index contributed by atoms with van der Waals surface area (Å²) in [6.45, 7) is 2.41. The highest BCUT2D eigenvalue weighted by Crippen LogP contribution is 2.26. The van der Waals surface area contributed by atoms with Gasteiger partial charge >= 0.3 is 5.69 Å². The Morgan fingerprint density at radius 1 is 1.21 bits per heavy atom. The zero-order valence-electron chi connectivity index (χ0n) is 19.6. The van der Waals surface area contributed by atoms with Gasteiger partial charge in [-0.25, -0.2) is 4.79 Å². The lowest BCUT2D eigenvalue weighted by atomic mass is 9.98. The third kappa shape index (κ3) is 6.47. The van der Waals surface area contributed by atoms with Crippen molar-refractivity contribution in [3.05, 3.63) is 51.2 Å². The highest BCUT2D eigenvalue weighted by atomic mass is 35.5. The molecule has 0 saturated heterocycles. The minimum Gasteiger partial charge on any atom is -0.390 e. The lowest BCUT2D eigenvalue weighted by molar-refractivity contribution is 0.0532. The molecule has 33 heavy (non-hydrogen) atoms. The summed E-state index contributed by atoms with van der Waals surface area (Å²) in [6, 6.07) is 4.80. The van der Waals surface area contributed by atoms with Crippen molar-refractivity contribution in [3.8, 4) is 5.69 Å². The molecule has 1 saturated carbocycles. The van der Waals surface area contributed by atoms with Crippen molar-refractivity contribution in [1.29, 1.82) is 0 Å². The van der Waals surface area contributed by atoms with Crippen LogP contribution in [-0.2, 0) is 6.54 Å². The van der Waals surface area contributed by atoms with Crippen LogP contribution in [0.1, 0.15) is 54.6 Å². The molecule has 1 fully saturated rings. The maximum atomic E-state index is 13.0. The summed E-state index contributed by atoms with van der Waals surface area (Å²) in [5.41, 5.74) is 1.08. The Hall–Kier alpha value is -2.13. The smallest absolute Gasteiger partial charge is 0.333 e. The lowest BCUT2D eigenvalue weighted by Gasteiger charge is -2.22. The molecule has 1 amide bonds. The summed E-state index contributed by atoms with van der Waals surface area (Å²) >= 11 is 6.29. The molecule has 1 aliphatic carbocycles. The number of amides is 1. The van der Waals surface area contributed by atoms with Crippen molar-refractivity contribution in [2.24, 2.45) is 5.92 Å². The summed E-state index contributed by atoms with van der Waals surface area (Å²) in [5, 5.41) is 23.8. The standard InChI is InChI=1S/C24H35ClN4O4/c1-16-13-29(24(33)28(16)15-19(30)14-27(2)3)18-10-11-21(25)20(12-18)23(32)26-22(31)17-8-6-4-5-7-9-17/h10-13,17,19,22,30-31H,4-9,14-15H2,1-3H3,(H,26,32). The van der Waals surface area contributed by atoms with Crippen LogP contribution in [0.25, 0.3) is 5.69 Å². The molecular formula is C24H35ClN4O4. The normalized spacial score (nSPS) is 17.1. The molecule has 0 aliphatic heterocycles. The average molecular weight is 479 g/mol. The van der Waals surface area contributed by atoms with E-state index in [0.717, 1.165) is 38.5 Å². The second-order valence-electron chi connectivity index (χ2n) is 9.28. The fourth-order valence-electron chi connectivity index (χ4n) is 4.48. The van der Waals surface area contributed by atoms with Crippen LogP contribution in [0.15, 0.2) is 29.2 Å². The molecule has 2 aromatic rings. The van der Waals surface area contributed by atoms with Crippen molar-refractivity contribution in [1.82, 2.24) is 19.4 Å². The van der Waals surface area contributed by atoms with Gasteiger partial charge in [-0.2, -0.15) is 0 Å². The highest BCUT2D eigenvalue weighted by molar-refractivity contribution is 6.33. The van der Waals surface area contributed by atoms with Gasteiger partial charge in [0.1, 0.15) is 6.23 Å². The average Bonchev–Trinajstić information content (AvgIpc) is 2.94. The number of halogens is 1. The summed E-state index contributed by atoms with van der Waals surface area (Å²) in [6.07, 6.45) is 6.25. The van der Waals surface area contributed by atoms with Crippen LogP contribution in [-0.4, -0.2) is 63.1 Å². The maximum Gasteiger partial charge on any atom is 0.333 e. The van der Waals surface area contributed by atoms with Crippen molar-refractivity contribution in [2.75, 3.05) is 20.6 Å². The molecule has 1 heterocycles.